The van der Waals surface area contributed by atoms with E-state index in [-0.39, 0.29) is 23.7 Å². The van der Waals surface area contributed by atoms with Crippen LogP contribution < -0.4 is 11.1 Å². The van der Waals surface area contributed by atoms with E-state index in [4.69, 9.17) is 5.73 Å². The molecule has 5 heteroatoms. The first-order chi connectivity index (χ1) is 8.58. The molecule has 0 aromatic heterocycles. The molecule has 0 aliphatic heterocycles. The van der Waals surface area contributed by atoms with Crippen LogP contribution in [0.1, 0.15) is 25.7 Å². The predicted octanol–water partition coefficient (Wildman–Crippen LogP) is 3.04. The lowest BCUT2D eigenvalue weighted by Crippen LogP contribution is -2.40. The van der Waals surface area contributed by atoms with E-state index in [0.29, 0.717) is 10.2 Å². The fourth-order valence-electron chi connectivity index (χ4n) is 2.30. The van der Waals surface area contributed by atoms with Crippen molar-refractivity contribution in [3.63, 3.8) is 0 Å². The number of nitrogens with two attached hydrogens (primary N) is 1. The summed E-state index contributed by atoms with van der Waals surface area (Å²) in [6, 6.07) is 4.12. The summed E-state index contributed by atoms with van der Waals surface area (Å²) in [6.45, 7) is 0. The second-order valence-electron chi connectivity index (χ2n) is 4.67. The molecule has 1 fully saturated rings. The summed E-state index contributed by atoms with van der Waals surface area (Å²) in [5.74, 6) is -0.663. The van der Waals surface area contributed by atoms with Gasteiger partial charge in [-0.15, -0.1) is 0 Å². The molecule has 2 rings (SSSR count). The Kier molecular flexibility index (Phi) is 4.35. The third-order valence-electron chi connectivity index (χ3n) is 3.34. The van der Waals surface area contributed by atoms with Gasteiger partial charge in [0.2, 0.25) is 5.91 Å². The van der Waals surface area contributed by atoms with Crippen LogP contribution in [0.2, 0.25) is 0 Å². The molecule has 2 unspecified atom stereocenters. The summed E-state index contributed by atoms with van der Waals surface area (Å²) in [7, 11) is 0. The molecule has 1 amide bonds. The molecule has 3 nitrogen and oxygen atoms in total. The zero-order valence-electron chi connectivity index (χ0n) is 9.96. The van der Waals surface area contributed by atoms with Crippen molar-refractivity contribution in [1.82, 2.24) is 0 Å². The average molecular weight is 315 g/mol. The van der Waals surface area contributed by atoms with Crippen molar-refractivity contribution in [2.24, 2.45) is 11.7 Å². The summed E-state index contributed by atoms with van der Waals surface area (Å²) in [4.78, 5) is 12.1. The van der Waals surface area contributed by atoms with Crippen molar-refractivity contribution in [3.8, 4) is 0 Å². The van der Waals surface area contributed by atoms with Gasteiger partial charge in [-0.3, -0.25) is 4.79 Å². The lowest BCUT2D eigenvalue weighted by atomic mass is 9.84. The summed E-state index contributed by atoms with van der Waals surface area (Å²) in [5.41, 5.74) is 6.41. The molecule has 18 heavy (non-hydrogen) atoms. The number of hydrogen-bond acceptors (Lipinski definition) is 2. The molecule has 1 saturated carbocycles. The number of carbonyl (C=O) groups is 1. The molecule has 0 radical (unpaired) electrons. The number of halogens is 2. The fourth-order valence-corrected chi connectivity index (χ4v) is 2.65. The molecular weight excluding hydrogens is 299 g/mol. The van der Waals surface area contributed by atoms with E-state index in [1.54, 1.807) is 6.07 Å². The number of hydrogen-bond donors (Lipinski definition) is 2. The third-order valence-corrected chi connectivity index (χ3v) is 4.03. The molecule has 1 aliphatic rings. The summed E-state index contributed by atoms with van der Waals surface area (Å²) in [6.07, 6.45) is 3.78. The summed E-state index contributed by atoms with van der Waals surface area (Å²) in [5, 5.41) is 2.75. The molecule has 1 aromatic carbocycles. The number of anilines is 1. The topological polar surface area (TPSA) is 55.1 Å². The molecule has 0 bridgehead atoms. The highest BCUT2D eigenvalue weighted by atomic mass is 79.9. The second-order valence-corrected chi connectivity index (χ2v) is 5.52. The molecule has 3 N–H and O–H groups in total. The van der Waals surface area contributed by atoms with Crippen LogP contribution in [0.3, 0.4) is 0 Å². The minimum atomic E-state index is -0.374. The van der Waals surface area contributed by atoms with E-state index in [2.05, 4.69) is 21.2 Å². The highest BCUT2D eigenvalue weighted by Crippen LogP contribution is 2.27. The molecule has 2 atom stereocenters. The highest BCUT2D eigenvalue weighted by molar-refractivity contribution is 9.10. The van der Waals surface area contributed by atoms with Crippen LogP contribution in [0.15, 0.2) is 22.7 Å². The van der Waals surface area contributed by atoms with Crippen LogP contribution in [0, 0.1) is 11.7 Å². The van der Waals surface area contributed by atoms with E-state index in [9.17, 15) is 9.18 Å². The standard InChI is InChI=1S/C13H16BrFN2O/c14-10-6-5-8(15)7-12(10)17-13(18)9-3-1-2-4-11(9)16/h5-7,9,11H,1-4,16H2,(H,17,18). The van der Waals surface area contributed by atoms with Gasteiger partial charge in [-0.05, 0) is 47.0 Å². The Morgan fingerprint density at radius 2 is 2.11 bits per heavy atom. The number of amides is 1. The van der Waals surface area contributed by atoms with Crippen LogP contribution in [-0.4, -0.2) is 11.9 Å². The quantitative estimate of drug-likeness (QED) is 0.881. The zero-order chi connectivity index (χ0) is 13.1. The SMILES string of the molecule is NC1CCCCC1C(=O)Nc1cc(F)ccc1Br. The first-order valence-corrected chi connectivity index (χ1v) is 6.88. The number of carbonyl (C=O) groups excluding carboxylic acids is 1. The lowest BCUT2D eigenvalue weighted by Gasteiger charge is -2.27. The summed E-state index contributed by atoms with van der Waals surface area (Å²) < 4.78 is 13.8. The van der Waals surface area contributed by atoms with Crippen LogP contribution >= 0.6 is 15.9 Å². The van der Waals surface area contributed by atoms with Crippen molar-refractivity contribution in [3.05, 3.63) is 28.5 Å². The highest BCUT2D eigenvalue weighted by Gasteiger charge is 2.28. The fraction of sp³-hybridized carbons (Fsp3) is 0.462. The van der Waals surface area contributed by atoms with Gasteiger partial charge in [0.1, 0.15) is 5.82 Å². The van der Waals surface area contributed by atoms with Gasteiger partial charge in [0.05, 0.1) is 11.6 Å². The van der Waals surface area contributed by atoms with E-state index in [0.717, 1.165) is 25.7 Å². The molecular formula is C13H16BrFN2O. The molecule has 0 heterocycles. The molecule has 1 aromatic rings. The zero-order valence-corrected chi connectivity index (χ0v) is 11.5. The largest absolute Gasteiger partial charge is 0.327 e. The normalized spacial score (nSPS) is 23.7. The van der Waals surface area contributed by atoms with Crippen LogP contribution in [0.4, 0.5) is 10.1 Å². The van der Waals surface area contributed by atoms with E-state index >= 15 is 0 Å². The van der Waals surface area contributed by atoms with Gasteiger partial charge < -0.3 is 11.1 Å². The molecule has 1 aliphatic carbocycles. The van der Waals surface area contributed by atoms with E-state index in [1.807, 2.05) is 0 Å². The van der Waals surface area contributed by atoms with Crippen LogP contribution in [0.5, 0.6) is 0 Å². The smallest absolute Gasteiger partial charge is 0.229 e. The van der Waals surface area contributed by atoms with Crippen molar-refractivity contribution < 1.29 is 9.18 Å². The monoisotopic (exact) mass is 314 g/mol. The number of nitrogens with one attached hydrogen (secondary N) is 1. The Labute approximate surface area is 114 Å². The second kappa shape index (κ2) is 5.80. The maximum absolute atomic E-state index is 13.1. The first-order valence-electron chi connectivity index (χ1n) is 6.09. The number of rotatable bonds is 2. The maximum atomic E-state index is 13.1. The minimum absolute atomic E-state index is 0.0916. The Balaban J connectivity index is 2.08. The Morgan fingerprint density at radius 3 is 2.83 bits per heavy atom. The van der Waals surface area contributed by atoms with Crippen LogP contribution in [0.25, 0.3) is 0 Å². The van der Waals surface area contributed by atoms with Gasteiger partial charge >= 0.3 is 0 Å². The van der Waals surface area contributed by atoms with E-state index < -0.39 is 0 Å². The maximum Gasteiger partial charge on any atom is 0.229 e. The average Bonchev–Trinajstić information content (AvgIpc) is 2.34. The van der Waals surface area contributed by atoms with Gasteiger partial charge in [0.25, 0.3) is 0 Å². The predicted molar refractivity (Wildman–Crippen MR) is 72.7 cm³/mol. The van der Waals surface area contributed by atoms with Gasteiger partial charge in [-0.2, -0.15) is 0 Å². The molecule has 0 saturated heterocycles. The molecule has 0 spiro atoms. The Hall–Kier alpha value is -0.940. The van der Waals surface area contributed by atoms with Gasteiger partial charge in [0, 0.05) is 10.5 Å². The van der Waals surface area contributed by atoms with Gasteiger partial charge in [-0.1, -0.05) is 12.8 Å². The number of benzene rings is 1. The van der Waals surface area contributed by atoms with Gasteiger partial charge in [-0.25, -0.2) is 4.39 Å². The van der Waals surface area contributed by atoms with Crippen molar-refractivity contribution in [2.75, 3.05) is 5.32 Å². The third kappa shape index (κ3) is 3.09. The van der Waals surface area contributed by atoms with Crippen molar-refractivity contribution in [1.29, 1.82) is 0 Å². The Morgan fingerprint density at radius 1 is 1.39 bits per heavy atom. The van der Waals surface area contributed by atoms with E-state index in [1.165, 1.54) is 12.1 Å². The lowest BCUT2D eigenvalue weighted by molar-refractivity contribution is -0.121. The first kappa shape index (κ1) is 13.5. The van der Waals surface area contributed by atoms with Gasteiger partial charge in [0.15, 0.2) is 0 Å². The van der Waals surface area contributed by atoms with Crippen molar-refractivity contribution in [2.45, 2.75) is 31.7 Å². The summed E-state index contributed by atoms with van der Waals surface area (Å²) >= 11 is 3.29. The van der Waals surface area contributed by atoms with Crippen LogP contribution in [-0.2, 0) is 4.79 Å². The Bertz CT molecular complexity index is 453. The minimum Gasteiger partial charge on any atom is -0.327 e. The van der Waals surface area contributed by atoms with Crippen molar-refractivity contribution >= 4 is 27.5 Å². The molecule has 98 valence electrons.